The van der Waals surface area contributed by atoms with Crippen molar-refractivity contribution in [3.05, 3.63) is 27.8 Å². The van der Waals surface area contributed by atoms with Crippen LogP contribution in [0.15, 0.2) is 24.3 Å². The van der Waals surface area contributed by atoms with Crippen molar-refractivity contribution in [3.8, 4) is 0 Å². The summed E-state index contributed by atoms with van der Waals surface area (Å²) in [6, 6.07) is 7.98. The van der Waals surface area contributed by atoms with Crippen LogP contribution in [-0.4, -0.2) is 37.1 Å². The summed E-state index contributed by atoms with van der Waals surface area (Å²) in [4.78, 5) is 14.1. The number of halogens is 1. The molecule has 1 saturated heterocycles. The zero-order valence-electron chi connectivity index (χ0n) is 10.4. The largest absolute Gasteiger partial charge is 0.335 e. The topological polar surface area (TPSA) is 44.4 Å². The Kier molecular flexibility index (Phi) is 4.82. The standard InChI is InChI=1S/C13H18IN3O/c1-17-7-5-11(6-8-17)15-13(18)16-12-4-2-3-10(14)9-12/h2-4,9,11H,5-8H2,1H3,(H2,15,16,18). The van der Waals surface area contributed by atoms with Crippen molar-refractivity contribution in [2.75, 3.05) is 25.5 Å². The van der Waals surface area contributed by atoms with E-state index in [-0.39, 0.29) is 6.03 Å². The number of carbonyl (C=O) groups excluding carboxylic acids is 1. The summed E-state index contributed by atoms with van der Waals surface area (Å²) in [6.45, 7) is 2.10. The average Bonchev–Trinajstić information content (AvgIpc) is 2.32. The maximum atomic E-state index is 11.8. The van der Waals surface area contributed by atoms with E-state index in [0.717, 1.165) is 35.2 Å². The highest BCUT2D eigenvalue weighted by Gasteiger charge is 2.18. The van der Waals surface area contributed by atoms with Gasteiger partial charge in [-0.1, -0.05) is 6.07 Å². The van der Waals surface area contributed by atoms with Gasteiger partial charge in [0.1, 0.15) is 0 Å². The molecule has 0 atom stereocenters. The van der Waals surface area contributed by atoms with Crippen molar-refractivity contribution in [1.82, 2.24) is 10.2 Å². The second kappa shape index (κ2) is 6.38. The van der Waals surface area contributed by atoms with Gasteiger partial charge in [-0.05, 0) is 73.8 Å². The molecule has 0 radical (unpaired) electrons. The predicted molar refractivity (Wildman–Crippen MR) is 81.8 cm³/mol. The molecule has 18 heavy (non-hydrogen) atoms. The van der Waals surface area contributed by atoms with E-state index in [1.807, 2.05) is 24.3 Å². The Morgan fingerprint density at radius 3 is 2.78 bits per heavy atom. The molecule has 2 amide bonds. The van der Waals surface area contributed by atoms with Gasteiger partial charge in [0.25, 0.3) is 0 Å². The predicted octanol–water partition coefficient (Wildman–Crippen LogP) is 2.51. The van der Waals surface area contributed by atoms with Gasteiger partial charge >= 0.3 is 6.03 Å². The number of anilines is 1. The first-order valence-corrected chi connectivity index (χ1v) is 7.23. The number of hydrogen-bond donors (Lipinski definition) is 2. The minimum absolute atomic E-state index is 0.105. The van der Waals surface area contributed by atoms with Crippen LogP contribution in [0, 0.1) is 3.57 Å². The molecule has 2 N–H and O–H groups in total. The summed E-state index contributed by atoms with van der Waals surface area (Å²) in [5.74, 6) is 0. The highest BCUT2D eigenvalue weighted by atomic mass is 127. The van der Waals surface area contributed by atoms with Gasteiger partial charge in [-0.25, -0.2) is 4.79 Å². The third kappa shape index (κ3) is 4.13. The minimum Gasteiger partial charge on any atom is -0.335 e. The number of piperidine rings is 1. The van der Waals surface area contributed by atoms with E-state index in [1.165, 1.54) is 0 Å². The first-order valence-electron chi connectivity index (χ1n) is 6.15. The fourth-order valence-corrected chi connectivity index (χ4v) is 2.61. The van der Waals surface area contributed by atoms with Gasteiger partial charge in [0, 0.05) is 15.3 Å². The Hall–Kier alpha value is -0.820. The fraction of sp³-hybridized carbons (Fsp3) is 0.462. The number of nitrogens with zero attached hydrogens (tertiary/aromatic N) is 1. The van der Waals surface area contributed by atoms with Crippen molar-refractivity contribution in [3.63, 3.8) is 0 Å². The first kappa shape index (κ1) is 13.6. The Balaban J connectivity index is 1.82. The first-order chi connectivity index (χ1) is 8.63. The lowest BCUT2D eigenvalue weighted by Gasteiger charge is -2.29. The van der Waals surface area contributed by atoms with Crippen LogP contribution in [-0.2, 0) is 0 Å². The second-order valence-electron chi connectivity index (χ2n) is 4.69. The molecule has 1 fully saturated rings. The van der Waals surface area contributed by atoms with Crippen molar-refractivity contribution < 1.29 is 4.79 Å². The number of hydrogen-bond acceptors (Lipinski definition) is 2. The van der Waals surface area contributed by atoms with Gasteiger partial charge in [0.2, 0.25) is 0 Å². The van der Waals surface area contributed by atoms with Crippen LogP contribution >= 0.6 is 22.6 Å². The monoisotopic (exact) mass is 359 g/mol. The molecule has 1 aliphatic heterocycles. The van der Waals surface area contributed by atoms with Crippen molar-refractivity contribution in [2.45, 2.75) is 18.9 Å². The molecule has 0 bridgehead atoms. The van der Waals surface area contributed by atoms with Crippen LogP contribution in [0.4, 0.5) is 10.5 Å². The van der Waals surface area contributed by atoms with E-state index in [0.29, 0.717) is 6.04 Å². The Labute approximate surface area is 121 Å². The molecule has 0 spiro atoms. The third-order valence-corrected chi connectivity index (χ3v) is 3.81. The molecule has 1 aromatic carbocycles. The lowest BCUT2D eigenvalue weighted by molar-refractivity contribution is 0.221. The molecular formula is C13H18IN3O. The highest BCUT2D eigenvalue weighted by molar-refractivity contribution is 14.1. The van der Waals surface area contributed by atoms with Crippen molar-refractivity contribution in [2.24, 2.45) is 0 Å². The highest BCUT2D eigenvalue weighted by Crippen LogP contribution is 2.13. The number of amides is 2. The van der Waals surface area contributed by atoms with Crippen LogP contribution in [0.3, 0.4) is 0 Å². The van der Waals surface area contributed by atoms with Gasteiger partial charge in [0.05, 0.1) is 0 Å². The molecule has 1 aliphatic rings. The third-order valence-electron chi connectivity index (χ3n) is 3.14. The SMILES string of the molecule is CN1CCC(NC(=O)Nc2cccc(I)c2)CC1. The van der Waals surface area contributed by atoms with Gasteiger partial charge in [0.15, 0.2) is 0 Å². The molecule has 0 saturated carbocycles. The van der Waals surface area contributed by atoms with Crippen molar-refractivity contribution >= 4 is 34.3 Å². The van der Waals surface area contributed by atoms with Gasteiger partial charge < -0.3 is 15.5 Å². The molecule has 2 rings (SSSR count). The molecule has 98 valence electrons. The zero-order valence-corrected chi connectivity index (χ0v) is 12.6. The number of urea groups is 1. The number of carbonyl (C=O) groups is 1. The number of likely N-dealkylation sites (tertiary alicyclic amines) is 1. The number of benzene rings is 1. The van der Waals surface area contributed by atoms with Crippen LogP contribution in [0.5, 0.6) is 0 Å². The summed E-state index contributed by atoms with van der Waals surface area (Å²) >= 11 is 2.23. The van der Waals surface area contributed by atoms with Gasteiger partial charge in [-0.3, -0.25) is 0 Å². The molecule has 1 heterocycles. The van der Waals surface area contributed by atoms with E-state index in [4.69, 9.17) is 0 Å². The van der Waals surface area contributed by atoms with E-state index in [1.54, 1.807) is 0 Å². The van der Waals surface area contributed by atoms with Crippen LogP contribution in [0.1, 0.15) is 12.8 Å². The number of nitrogens with one attached hydrogen (secondary N) is 2. The fourth-order valence-electron chi connectivity index (χ4n) is 2.07. The molecule has 4 nitrogen and oxygen atoms in total. The molecule has 0 aromatic heterocycles. The van der Waals surface area contributed by atoms with E-state index >= 15 is 0 Å². The molecule has 1 aromatic rings. The second-order valence-corrected chi connectivity index (χ2v) is 5.93. The Morgan fingerprint density at radius 1 is 1.39 bits per heavy atom. The van der Waals surface area contributed by atoms with Crippen LogP contribution in [0.2, 0.25) is 0 Å². The van der Waals surface area contributed by atoms with Crippen LogP contribution in [0.25, 0.3) is 0 Å². The van der Waals surface area contributed by atoms with E-state index in [2.05, 4.69) is 45.2 Å². The van der Waals surface area contributed by atoms with Gasteiger partial charge in [-0.15, -0.1) is 0 Å². The molecule has 0 unspecified atom stereocenters. The maximum absolute atomic E-state index is 11.8. The smallest absolute Gasteiger partial charge is 0.319 e. The van der Waals surface area contributed by atoms with E-state index < -0.39 is 0 Å². The van der Waals surface area contributed by atoms with Crippen LogP contribution < -0.4 is 10.6 Å². The molecule has 0 aliphatic carbocycles. The van der Waals surface area contributed by atoms with Gasteiger partial charge in [-0.2, -0.15) is 0 Å². The minimum atomic E-state index is -0.105. The normalized spacial score (nSPS) is 17.4. The summed E-state index contributed by atoms with van der Waals surface area (Å²) in [5, 5.41) is 5.90. The quantitative estimate of drug-likeness (QED) is 0.797. The summed E-state index contributed by atoms with van der Waals surface area (Å²) in [7, 11) is 2.11. The van der Waals surface area contributed by atoms with E-state index in [9.17, 15) is 4.79 Å². The number of rotatable bonds is 2. The summed E-state index contributed by atoms with van der Waals surface area (Å²) in [6.07, 6.45) is 2.05. The zero-order chi connectivity index (χ0) is 13.0. The summed E-state index contributed by atoms with van der Waals surface area (Å²) < 4.78 is 1.12. The Bertz CT molecular complexity index is 416. The average molecular weight is 359 g/mol. The lowest BCUT2D eigenvalue weighted by atomic mass is 10.1. The molecular weight excluding hydrogens is 341 g/mol. The Morgan fingerprint density at radius 2 is 2.11 bits per heavy atom. The maximum Gasteiger partial charge on any atom is 0.319 e. The summed E-state index contributed by atoms with van der Waals surface area (Å²) in [5.41, 5.74) is 0.840. The van der Waals surface area contributed by atoms with Crippen molar-refractivity contribution in [1.29, 1.82) is 0 Å². The molecule has 5 heteroatoms. The lowest BCUT2D eigenvalue weighted by Crippen LogP contribution is -2.44.